The molecule has 0 aromatic rings. The third-order valence-corrected chi connectivity index (χ3v) is 18.5. The number of azo groups is 2. The van der Waals surface area contributed by atoms with E-state index in [9.17, 15) is 44.0 Å². The molecule has 0 radical (unpaired) electrons. The van der Waals surface area contributed by atoms with Gasteiger partial charge in [-0.25, -0.2) is 5.26 Å². The minimum absolute atomic E-state index is 0.00839. The summed E-state index contributed by atoms with van der Waals surface area (Å²) in [5.74, 6) is -1.66. The number of aliphatic imine (C=N–C) groups is 1. The highest BCUT2D eigenvalue weighted by Gasteiger charge is 2.53. The Morgan fingerprint density at radius 3 is 2.19 bits per heavy atom. The normalized spacial score (nSPS) is 44.6. The molecule has 0 aromatic carbocycles. The first-order valence-electron chi connectivity index (χ1n) is 17.4. The molecule has 0 bridgehead atoms. The van der Waals surface area contributed by atoms with Crippen molar-refractivity contribution < 1.29 is 58.6 Å². The summed E-state index contributed by atoms with van der Waals surface area (Å²) < 4.78 is 107. The molecule has 16 unspecified atom stereocenters. The number of amidine groups is 1. The molecule has 6 rings (SSSR count). The van der Waals surface area contributed by atoms with Crippen molar-refractivity contribution in [1.82, 2.24) is 0 Å². The summed E-state index contributed by atoms with van der Waals surface area (Å²) >= 11 is 1.87. The summed E-state index contributed by atoms with van der Waals surface area (Å²) in [4.78, 5) is 4.61. The quantitative estimate of drug-likeness (QED) is 0.0639. The van der Waals surface area contributed by atoms with Gasteiger partial charge in [0.2, 0.25) is 5.17 Å². The SMILES string of the molecule is CC1CCC2N=C(N=NC3CCC(N=NC4C(SOOO)CC5CC(S(=O)(=O)O)C(N)CC5C4O)C4CC(S(=O)(=O)O)CCC34)SC2C1S(=O)(=O)O. The Morgan fingerprint density at radius 2 is 1.54 bits per heavy atom. The maximum Gasteiger partial charge on any atom is 0.269 e. The average molecular weight is 835 g/mol. The van der Waals surface area contributed by atoms with Gasteiger partial charge in [0.1, 0.15) is 16.5 Å². The number of thioether (sulfide) groups is 1. The molecule has 1 aliphatic heterocycles. The monoisotopic (exact) mass is 834 g/mol. The van der Waals surface area contributed by atoms with Gasteiger partial charge in [-0.3, -0.25) is 18.7 Å². The van der Waals surface area contributed by atoms with Crippen LogP contribution in [0.25, 0.3) is 0 Å². The lowest BCUT2D eigenvalue weighted by molar-refractivity contribution is -0.432. The predicted octanol–water partition coefficient (Wildman–Crippen LogP) is 2.80. The standard InChI is InChI=1S/C28H46N6O13S5/c1-12-2-5-21-26(27(12)52(43,44)45)48-28(30-21)34-32-19-6-7-20(17-10-14(50(37,38)39)3-4-15(17)19)31-33-24-22(49-47-46-36)8-13-9-23(51(40,41)42)18(29)11-16(13)25(24)35/h12-27,35-36H,2-11,29H2,1H3,(H,37,38,39)(H,40,41,42)(H,43,44,45). The topological polar surface area (TPSA) is 310 Å². The Balaban J connectivity index is 1.20. The number of aliphatic hydroxyl groups is 1. The molecule has 24 heteroatoms. The molecule has 16 atom stereocenters. The Bertz CT molecular complexity index is 1730. The molecule has 5 saturated carbocycles. The van der Waals surface area contributed by atoms with Crippen LogP contribution in [0.2, 0.25) is 0 Å². The van der Waals surface area contributed by atoms with Crippen LogP contribution in [-0.4, -0.2) is 117 Å². The molecule has 296 valence electrons. The van der Waals surface area contributed by atoms with Gasteiger partial charge in [0.15, 0.2) is 0 Å². The summed E-state index contributed by atoms with van der Waals surface area (Å²) in [6, 6.07) is -2.99. The summed E-state index contributed by atoms with van der Waals surface area (Å²) in [5, 5.41) is 38.5. The van der Waals surface area contributed by atoms with Crippen molar-refractivity contribution >= 4 is 59.3 Å². The van der Waals surface area contributed by atoms with E-state index in [2.05, 4.69) is 30.5 Å². The van der Waals surface area contributed by atoms with Crippen molar-refractivity contribution in [2.45, 2.75) is 134 Å². The molecule has 0 aromatic heterocycles. The number of nitrogens with two attached hydrogens (primary N) is 1. The van der Waals surface area contributed by atoms with E-state index in [1.807, 2.05) is 0 Å². The lowest BCUT2D eigenvalue weighted by Crippen LogP contribution is -2.57. The maximum atomic E-state index is 12.3. The zero-order valence-corrected chi connectivity index (χ0v) is 32.2. The summed E-state index contributed by atoms with van der Waals surface area (Å²) in [5.41, 5.74) is 6.13. The van der Waals surface area contributed by atoms with Crippen molar-refractivity contribution in [3.63, 3.8) is 0 Å². The largest absolute Gasteiger partial charge is 0.390 e. The Labute approximate surface area is 311 Å². The molecule has 0 spiro atoms. The van der Waals surface area contributed by atoms with Gasteiger partial charge in [0.05, 0.1) is 40.0 Å². The van der Waals surface area contributed by atoms with Gasteiger partial charge in [-0.05, 0) is 93.8 Å². The van der Waals surface area contributed by atoms with Crippen molar-refractivity contribution in [2.24, 2.45) is 60.8 Å². The fourth-order valence-corrected chi connectivity index (χ4v) is 15.5. The number of hydrogen-bond acceptors (Lipinski definition) is 18. The average Bonchev–Trinajstić information content (AvgIpc) is 3.47. The Morgan fingerprint density at radius 1 is 0.827 bits per heavy atom. The molecule has 6 aliphatic rings. The smallest absolute Gasteiger partial charge is 0.269 e. The zero-order chi connectivity index (χ0) is 37.7. The summed E-state index contributed by atoms with van der Waals surface area (Å²) in [7, 11) is -13.1. The molecule has 1 heterocycles. The van der Waals surface area contributed by atoms with Gasteiger partial charge in [0, 0.05) is 18.1 Å². The summed E-state index contributed by atoms with van der Waals surface area (Å²) in [6.07, 6.45) is 2.12. The lowest BCUT2D eigenvalue weighted by Gasteiger charge is -2.48. The van der Waals surface area contributed by atoms with Crippen molar-refractivity contribution in [2.75, 3.05) is 0 Å². The lowest BCUT2D eigenvalue weighted by atomic mass is 9.66. The molecule has 5 fully saturated rings. The third-order valence-electron chi connectivity index (χ3n) is 12.2. The van der Waals surface area contributed by atoms with E-state index in [0.717, 1.165) is 0 Å². The van der Waals surface area contributed by atoms with Crippen LogP contribution in [0.15, 0.2) is 25.4 Å². The van der Waals surface area contributed by atoms with E-state index in [-0.39, 0.29) is 67.9 Å². The Kier molecular flexibility index (Phi) is 12.5. The minimum Gasteiger partial charge on any atom is -0.390 e. The third kappa shape index (κ3) is 8.73. The highest BCUT2D eigenvalue weighted by molar-refractivity contribution is 8.15. The van der Waals surface area contributed by atoms with Crippen LogP contribution in [0.5, 0.6) is 0 Å². The van der Waals surface area contributed by atoms with Crippen molar-refractivity contribution in [3.05, 3.63) is 0 Å². The fourth-order valence-electron chi connectivity index (χ4n) is 9.67. The number of fused-ring (bicyclic) bond motifs is 3. The van der Waals surface area contributed by atoms with Crippen LogP contribution >= 0.6 is 23.8 Å². The summed E-state index contributed by atoms with van der Waals surface area (Å²) in [6.45, 7) is 1.79. The molecule has 52 heavy (non-hydrogen) atoms. The van der Waals surface area contributed by atoms with E-state index in [1.54, 1.807) is 6.92 Å². The van der Waals surface area contributed by atoms with Gasteiger partial charge in [0.25, 0.3) is 30.4 Å². The number of aliphatic hydroxyl groups excluding tert-OH is 1. The first-order valence-corrected chi connectivity index (χ1v) is 23.6. The van der Waals surface area contributed by atoms with E-state index in [1.165, 1.54) is 11.8 Å². The second kappa shape index (κ2) is 15.9. The second-order valence-electron chi connectivity index (χ2n) is 15.1. The van der Waals surface area contributed by atoms with Gasteiger partial charge in [-0.2, -0.15) is 40.6 Å². The molecule has 5 aliphatic carbocycles. The van der Waals surface area contributed by atoms with E-state index in [0.29, 0.717) is 49.3 Å². The number of hydrogen-bond donors (Lipinski definition) is 6. The van der Waals surface area contributed by atoms with E-state index in [4.69, 9.17) is 15.3 Å². The molecular formula is C28H46N6O13S5. The molecular weight excluding hydrogens is 789 g/mol. The van der Waals surface area contributed by atoms with E-state index < -0.39 is 86.8 Å². The van der Waals surface area contributed by atoms with E-state index >= 15 is 0 Å². The van der Waals surface area contributed by atoms with Crippen LogP contribution in [0.4, 0.5) is 0 Å². The van der Waals surface area contributed by atoms with Crippen LogP contribution < -0.4 is 5.73 Å². The Hall–Kier alpha value is -0.900. The molecule has 0 amide bonds. The predicted molar refractivity (Wildman–Crippen MR) is 189 cm³/mol. The van der Waals surface area contributed by atoms with Crippen molar-refractivity contribution in [1.29, 1.82) is 0 Å². The molecule has 19 nitrogen and oxygen atoms in total. The minimum atomic E-state index is -4.44. The second-order valence-corrected chi connectivity index (χ2v) is 22.1. The van der Waals surface area contributed by atoms with Crippen LogP contribution in [0.1, 0.15) is 71.1 Å². The van der Waals surface area contributed by atoms with Gasteiger partial charge < -0.3 is 10.8 Å². The van der Waals surface area contributed by atoms with Gasteiger partial charge in [-0.1, -0.05) is 23.7 Å². The fraction of sp³-hybridized carbons (Fsp3) is 0.964. The van der Waals surface area contributed by atoms with Crippen molar-refractivity contribution in [3.8, 4) is 0 Å². The van der Waals surface area contributed by atoms with Gasteiger partial charge in [-0.15, -0.1) is 9.45 Å². The van der Waals surface area contributed by atoms with Crippen LogP contribution in [0.3, 0.4) is 0 Å². The highest BCUT2D eigenvalue weighted by Crippen LogP contribution is 2.49. The first kappa shape index (κ1) is 40.8. The zero-order valence-electron chi connectivity index (χ0n) is 28.2. The molecule has 7 N–H and O–H groups in total. The van der Waals surface area contributed by atoms with Crippen LogP contribution in [0, 0.1) is 29.6 Å². The number of nitrogens with zero attached hydrogens (tertiary/aromatic N) is 5. The number of rotatable bonds is 9. The highest BCUT2D eigenvalue weighted by atomic mass is 32.2. The molecule has 0 saturated heterocycles. The van der Waals surface area contributed by atoms with Gasteiger partial charge >= 0.3 is 0 Å². The maximum absolute atomic E-state index is 12.3. The van der Waals surface area contributed by atoms with Crippen LogP contribution in [-0.2, 0) is 39.7 Å². The first-order chi connectivity index (χ1) is 24.4.